The number of hydrogen-bond acceptors (Lipinski definition) is 8. The molecule has 4 rings (SSSR count). The molecule has 3 aliphatic rings. The molecule has 0 spiro atoms. The molecule has 0 radical (unpaired) electrons. The van der Waals surface area contributed by atoms with Crippen LogP contribution >= 0.6 is 0 Å². The highest BCUT2D eigenvalue weighted by molar-refractivity contribution is 5.91. The topological polar surface area (TPSA) is 124 Å². The molecule has 1 aromatic carbocycles. The summed E-state index contributed by atoms with van der Waals surface area (Å²) in [6, 6.07) is 3.78. The lowest BCUT2D eigenvalue weighted by Gasteiger charge is -2.35. The fraction of sp³-hybridized carbons (Fsp3) is 0.613. The average Bonchev–Trinajstić information content (AvgIpc) is 3.56. The summed E-state index contributed by atoms with van der Waals surface area (Å²) in [5.74, 6) is -0.380. The SMILES string of the molecule is COC(=O)C1C[C@@H]2CN1C(=O)[C@H](C(C)(C)C)NC(=O)OCC(C)(C)CCC=CCOc1cccc3c1CN(C3)C(=O)O2. The lowest BCUT2D eigenvalue weighted by Crippen LogP contribution is -2.57. The number of ether oxygens (including phenoxy) is 4. The van der Waals surface area contributed by atoms with Crippen molar-refractivity contribution >= 4 is 24.1 Å². The van der Waals surface area contributed by atoms with Gasteiger partial charge in [0.2, 0.25) is 5.91 Å². The molecular weight excluding hydrogens is 542 g/mol. The number of benzene rings is 1. The second-order valence-corrected chi connectivity index (χ2v) is 13.0. The third kappa shape index (κ3) is 7.35. The number of carbonyl (C=O) groups is 4. The van der Waals surface area contributed by atoms with Gasteiger partial charge in [-0.05, 0) is 35.3 Å². The normalized spacial score (nSPS) is 25.4. The van der Waals surface area contributed by atoms with Crippen LogP contribution in [0.3, 0.4) is 0 Å². The number of methoxy groups -OCH3 is 1. The minimum Gasteiger partial charge on any atom is -0.489 e. The summed E-state index contributed by atoms with van der Waals surface area (Å²) in [5.41, 5.74) is 0.906. The van der Waals surface area contributed by atoms with Crippen LogP contribution < -0.4 is 10.1 Å². The number of alkyl carbamates (subject to hydrolysis) is 1. The Bertz CT molecular complexity index is 1220. The molecule has 42 heavy (non-hydrogen) atoms. The van der Waals surface area contributed by atoms with Crippen LogP contribution in [0.1, 0.15) is 65.0 Å². The van der Waals surface area contributed by atoms with E-state index < -0.39 is 47.7 Å². The van der Waals surface area contributed by atoms with Crippen molar-refractivity contribution < 1.29 is 38.1 Å². The molecule has 230 valence electrons. The quantitative estimate of drug-likeness (QED) is 0.296. The van der Waals surface area contributed by atoms with Gasteiger partial charge in [0.25, 0.3) is 0 Å². The van der Waals surface area contributed by atoms with Crippen molar-refractivity contribution in [2.24, 2.45) is 10.8 Å². The van der Waals surface area contributed by atoms with Gasteiger partial charge < -0.3 is 29.2 Å². The van der Waals surface area contributed by atoms with Crippen molar-refractivity contribution in [3.8, 4) is 5.75 Å². The highest BCUT2D eigenvalue weighted by atomic mass is 16.6. The van der Waals surface area contributed by atoms with Crippen molar-refractivity contribution in [1.82, 2.24) is 15.1 Å². The van der Waals surface area contributed by atoms with Crippen molar-refractivity contribution in [2.45, 2.75) is 85.2 Å². The lowest BCUT2D eigenvalue weighted by atomic mass is 9.85. The number of fused-ring (bicyclic) bond motifs is 3. The molecule has 3 atom stereocenters. The van der Waals surface area contributed by atoms with Gasteiger partial charge in [-0.2, -0.15) is 0 Å². The molecule has 4 bridgehead atoms. The summed E-state index contributed by atoms with van der Waals surface area (Å²) in [6.07, 6.45) is 3.62. The van der Waals surface area contributed by atoms with Crippen molar-refractivity contribution in [3.63, 3.8) is 0 Å². The Kier molecular flexibility index (Phi) is 9.37. The summed E-state index contributed by atoms with van der Waals surface area (Å²) in [6.45, 7) is 10.7. The fourth-order valence-corrected chi connectivity index (χ4v) is 5.46. The van der Waals surface area contributed by atoms with Crippen molar-refractivity contribution in [3.05, 3.63) is 41.5 Å². The van der Waals surface area contributed by atoms with Crippen LogP contribution in [0.4, 0.5) is 9.59 Å². The highest BCUT2D eigenvalue weighted by Crippen LogP contribution is 2.33. The van der Waals surface area contributed by atoms with Crippen LogP contribution in [0.15, 0.2) is 30.4 Å². The average molecular weight is 586 g/mol. The first-order valence-electron chi connectivity index (χ1n) is 14.4. The first-order chi connectivity index (χ1) is 19.8. The highest BCUT2D eigenvalue weighted by Gasteiger charge is 2.47. The molecule has 1 N–H and O–H groups in total. The predicted molar refractivity (Wildman–Crippen MR) is 153 cm³/mol. The van der Waals surface area contributed by atoms with Gasteiger partial charge in [0.1, 0.15) is 30.5 Å². The van der Waals surface area contributed by atoms with Crippen LogP contribution in [0.2, 0.25) is 0 Å². The number of cyclic esters (lactones) is 1. The molecule has 3 amide bonds. The molecule has 1 saturated heterocycles. The molecule has 0 saturated carbocycles. The van der Waals surface area contributed by atoms with E-state index in [-0.39, 0.29) is 25.0 Å². The maximum absolute atomic E-state index is 13.9. The number of nitrogens with zero attached hydrogens (tertiary/aromatic N) is 2. The summed E-state index contributed by atoms with van der Waals surface area (Å²) in [4.78, 5) is 55.7. The van der Waals surface area contributed by atoms with Crippen molar-refractivity contribution in [1.29, 1.82) is 0 Å². The van der Waals surface area contributed by atoms with E-state index in [0.717, 1.165) is 24.0 Å². The van der Waals surface area contributed by atoms with Gasteiger partial charge in [0, 0.05) is 18.5 Å². The molecule has 1 fully saturated rings. The van der Waals surface area contributed by atoms with E-state index in [2.05, 4.69) is 5.32 Å². The number of hydrogen-bond donors (Lipinski definition) is 1. The van der Waals surface area contributed by atoms with E-state index in [1.165, 1.54) is 12.0 Å². The van der Waals surface area contributed by atoms with E-state index >= 15 is 0 Å². The minimum atomic E-state index is -0.998. The standard InChI is InChI=1S/C31H43N3O8/c1-30(2,3)25-26(35)34-17-21(15-23(34)27(36)39-6)42-29(38)33-16-20-11-10-12-24(22(20)18-33)40-14-9-7-8-13-31(4,5)19-41-28(37)32-25/h7,9-12,21,23,25H,8,13-19H2,1-6H3,(H,32,37)/t21-,23?,25-/m1/s1. The van der Waals surface area contributed by atoms with Crippen LogP contribution in [0, 0.1) is 10.8 Å². The van der Waals surface area contributed by atoms with E-state index in [1.54, 1.807) is 4.90 Å². The van der Waals surface area contributed by atoms with Gasteiger partial charge in [-0.3, -0.25) is 9.69 Å². The Morgan fingerprint density at radius 3 is 2.57 bits per heavy atom. The van der Waals surface area contributed by atoms with Gasteiger partial charge in [0.15, 0.2) is 0 Å². The van der Waals surface area contributed by atoms with Crippen LogP contribution in [-0.4, -0.2) is 78.9 Å². The molecule has 1 unspecified atom stereocenters. The fourth-order valence-electron chi connectivity index (χ4n) is 5.46. The number of esters is 1. The van der Waals surface area contributed by atoms with Gasteiger partial charge in [-0.25, -0.2) is 14.4 Å². The maximum Gasteiger partial charge on any atom is 0.410 e. The molecule has 3 aliphatic heterocycles. The summed E-state index contributed by atoms with van der Waals surface area (Å²) >= 11 is 0. The first-order valence-corrected chi connectivity index (χ1v) is 14.4. The molecular formula is C31H43N3O8. The Hall–Kier alpha value is -3.76. The number of carbonyl (C=O) groups excluding carboxylic acids is 4. The van der Waals surface area contributed by atoms with E-state index in [1.807, 2.05) is 65.0 Å². The zero-order valence-corrected chi connectivity index (χ0v) is 25.4. The third-order valence-corrected chi connectivity index (χ3v) is 7.94. The Morgan fingerprint density at radius 1 is 1.10 bits per heavy atom. The predicted octanol–water partition coefficient (Wildman–Crippen LogP) is 4.18. The smallest absolute Gasteiger partial charge is 0.410 e. The molecule has 3 heterocycles. The number of nitrogens with one attached hydrogen (secondary N) is 1. The maximum atomic E-state index is 13.9. The molecule has 1 aromatic rings. The lowest BCUT2D eigenvalue weighted by molar-refractivity contribution is -0.152. The molecule has 0 aliphatic carbocycles. The van der Waals surface area contributed by atoms with Gasteiger partial charge in [-0.1, -0.05) is 58.9 Å². The summed E-state index contributed by atoms with van der Waals surface area (Å²) < 4.78 is 22.4. The Labute approximate surface area is 247 Å². The van der Waals surface area contributed by atoms with Crippen molar-refractivity contribution in [2.75, 3.05) is 26.9 Å². The Morgan fingerprint density at radius 2 is 1.86 bits per heavy atom. The zero-order valence-electron chi connectivity index (χ0n) is 25.4. The van der Waals surface area contributed by atoms with Gasteiger partial charge >= 0.3 is 18.2 Å². The second-order valence-electron chi connectivity index (χ2n) is 13.0. The summed E-state index contributed by atoms with van der Waals surface area (Å²) in [7, 11) is 1.25. The molecule has 11 nitrogen and oxygen atoms in total. The zero-order chi connectivity index (χ0) is 30.7. The van der Waals surface area contributed by atoms with Crippen LogP contribution in [0.25, 0.3) is 0 Å². The first kappa shape index (κ1) is 31.2. The third-order valence-electron chi connectivity index (χ3n) is 7.94. The molecule has 11 heteroatoms. The number of rotatable bonds is 1. The minimum absolute atomic E-state index is 0.0117. The Balaban J connectivity index is 1.60. The van der Waals surface area contributed by atoms with E-state index in [9.17, 15) is 19.2 Å². The molecule has 0 aromatic heterocycles. The van der Waals surface area contributed by atoms with Crippen LogP contribution in [0.5, 0.6) is 5.75 Å². The van der Waals surface area contributed by atoms with E-state index in [4.69, 9.17) is 18.9 Å². The summed E-state index contributed by atoms with van der Waals surface area (Å²) in [5, 5.41) is 2.73. The van der Waals surface area contributed by atoms with Gasteiger partial charge in [-0.15, -0.1) is 0 Å². The monoisotopic (exact) mass is 585 g/mol. The number of amides is 3. The largest absolute Gasteiger partial charge is 0.489 e. The van der Waals surface area contributed by atoms with E-state index in [0.29, 0.717) is 25.4 Å². The van der Waals surface area contributed by atoms with Crippen LogP contribution in [-0.2, 0) is 36.9 Å². The van der Waals surface area contributed by atoms with Gasteiger partial charge in [0.05, 0.1) is 26.8 Å². The number of allylic oxidation sites excluding steroid dienone is 1. The second kappa shape index (κ2) is 12.6.